The predicted molar refractivity (Wildman–Crippen MR) is 78.9 cm³/mol. The first-order chi connectivity index (χ1) is 8.63. The van der Waals surface area contributed by atoms with Gasteiger partial charge in [-0.25, -0.2) is 0 Å². The van der Waals surface area contributed by atoms with E-state index in [0.717, 1.165) is 38.2 Å². The Morgan fingerprint density at radius 3 is 2.50 bits per heavy atom. The van der Waals surface area contributed by atoms with Crippen molar-refractivity contribution in [3.8, 4) is 0 Å². The monoisotopic (exact) mass is 306 g/mol. The van der Waals surface area contributed by atoms with E-state index >= 15 is 0 Å². The summed E-state index contributed by atoms with van der Waals surface area (Å²) in [5.41, 5.74) is 1.04. The summed E-state index contributed by atoms with van der Waals surface area (Å²) in [5, 5.41) is 5.17. The van der Waals surface area contributed by atoms with E-state index in [1.807, 2.05) is 6.07 Å². The summed E-state index contributed by atoms with van der Waals surface area (Å²) >= 11 is 18.5. The zero-order chi connectivity index (χ0) is 13.1. The van der Waals surface area contributed by atoms with E-state index < -0.39 is 0 Å². The summed E-state index contributed by atoms with van der Waals surface area (Å²) in [6.07, 6.45) is 0.996. The molecule has 1 aliphatic rings. The van der Waals surface area contributed by atoms with Crippen molar-refractivity contribution >= 4 is 34.8 Å². The largest absolute Gasteiger partial charge is 0.314 e. The van der Waals surface area contributed by atoms with Crippen LogP contribution >= 0.6 is 34.8 Å². The molecule has 0 radical (unpaired) electrons. The van der Waals surface area contributed by atoms with Crippen molar-refractivity contribution in [3.63, 3.8) is 0 Å². The molecule has 0 bridgehead atoms. The van der Waals surface area contributed by atoms with Crippen LogP contribution in [0.4, 0.5) is 0 Å². The summed E-state index contributed by atoms with van der Waals surface area (Å²) in [7, 11) is 0. The zero-order valence-electron chi connectivity index (χ0n) is 10.3. The minimum atomic E-state index is 0.288. The molecule has 1 heterocycles. The lowest BCUT2D eigenvalue weighted by molar-refractivity contribution is 0.169. The van der Waals surface area contributed by atoms with E-state index in [0.29, 0.717) is 15.1 Å². The maximum absolute atomic E-state index is 6.33. The second-order valence-corrected chi connectivity index (χ2v) is 5.72. The summed E-state index contributed by atoms with van der Waals surface area (Å²) in [6.45, 7) is 6.25. The highest BCUT2D eigenvalue weighted by Crippen LogP contribution is 2.37. The van der Waals surface area contributed by atoms with Gasteiger partial charge in [0.15, 0.2) is 0 Å². The Kier molecular flexibility index (Phi) is 5.16. The van der Waals surface area contributed by atoms with Gasteiger partial charge >= 0.3 is 0 Å². The second kappa shape index (κ2) is 6.44. The third-order valence-corrected chi connectivity index (χ3v) is 4.39. The molecule has 100 valence electrons. The highest BCUT2D eigenvalue weighted by Gasteiger charge is 2.23. The van der Waals surface area contributed by atoms with Crippen LogP contribution in [0.3, 0.4) is 0 Å². The normalized spacial score (nSPS) is 18.9. The van der Waals surface area contributed by atoms with Crippen molar-refractivity contribution in [3.05, 3.63) is 32.8 Å². The van der Waals surface area contributed by atoms with Crippen LogP contribution in [0, 0.1) is 0 Å². The van der Waals surface area contributed by atoms with Crippen molar-refractivity contribution in [1.82, 2.24) is 10.2 Å². The van der Waals surface area contributed by atoms with E-state index in [-0.39, 0.29) is 6.04 Å². The quantitative estimate of drug-likeness (QED) is 0.849. The fraction of sp³-hybridized carbons (Fsp3) is 0.538. The Balaban J connectivity index is 2.31. The average molecular weight is 308 g/mol. The van der Waals surface area contributed by atoms with Gasteiger partial charge in [0.05, 0.1) is 10.0 Å². The van der Waals surface area contributed by atoms with Crippen molar-refractivity contribution in [2.24, 2.45) is 0 Å². The smallest absolute Gasteiger partial charge is 0.0641 e. The van der Waals surface area contributed by atoms with Crippen molar-refractivity contribution in [2.45, 2.75) is 19.4 Å². The maximum Gasteiger partial charge on any atom is 0.0641 e. The molecule has 1 aromatic carbocycles. The molecule has 2 rings (SSSR count). The number of nitrogens with zero attached hydrogens (tertiary/aromatic N) is 1. The molecule has 0 aromatic heterocycles. The number of benzene rings is 1. The summed E-state index contributed by atoms with van der Waals surface area (Å²) < 4.78 is 0. The molecule has 0 amide bonds. The fourth-order valence-electron chi connectivity index (χ4n) is 2.49. The van der Waals surface area contributed by atoms with Crippen molar-refractivity contribution in [2.75, 3.05) is 26.2 Å². The van der Waals surface area contributed by atoms with Crippen LogP contribution in [0.1, 0.15) is 24.9 Å². The predicted octanol–water partition coefficient (Wildman–Crippen LogP) is 4.00. The number of hydrogen-bond donors (Lipinski definition) is 1. The molecular weight excluding hydrogens is 291 g/mol. The summed E-state index contributed by atoms with van der Waals surface area (Å²) in [4.78, 5) is 2.43. The maximum atomic E-state index is 6.33. The van der Waals surface area contributed by atoms with Gasteiger partial charge in [-0.15, -0.1) is 0 Å². The third-order valence-electron chi connectivity index (χ3n) is 3.36. The number of piperazine rings is 1. The van der Waals surface area contributed by atoms with E-state index in [1.54, 1.807) is 6.07 Å². The first-order valence-electron chi connectivity index (χ1n) is 6.22. The molecule has 18 heavy (non-hydrogen) atoms. The SMILES string of the molecule is CC[C@H](c1cc(Cl)cc(Cl)c1Cl)N1CCNCC1. The molecule has 0 aliphatic carbocycles. The van der Waals surface area contributed by atoms with Crippen LogP contribution in [-0.2, 0) is 0 Å². The molecule has 0 spiro atoms. The Morgan fingerprint density at radius 2 is 1.89 bits per heavy atom. The molecule has 1 saturated heterocycles. The van der Waals surface area contributed by atoms with Crippen molar-refractivity contribution in [1.29, 1.82) is 0 Å². The van der Waals surface area contributed by atoms with Gasteiger partial charge in [0.25, 0.3) is 0 Å². The molecule has 5 heteroatoms. The standard InChI is InChI=1S/C13H17Cl3N2/c1-2-12(18-5-3-17-4-6-18)10-7-9(14)8-11(15)13(10)16/h7-8,12,17H,2-6H2,1H3/t12-/m1/s1. The van der Waals surface area contributed by atoms with Gasteiger partial charge in [-0.3, -0.25) is 4.90 Å². The lowest BCUT2D eigenvalue weighted by Crippen LogP contribution is -2.45. The molecule has 0 unspecified atom stereocenters. The zero-order valence-corrected chi connectivity index (χ0v) is 12.6. The first-order valence-corrected chi connectivity index (χ1v) is 7.36. The molecule has 0 saturated carbocycles. The minimum Gasteiger partial charge on any atom is -0.314 e. The van der Waals surface area contributed by atoms with Crippen LogP contribution in [0.25, 0.3) is 0 Å². The van der Waals surface area contributed by atoms with Gasteiger partial charge in [-0.1, -0.05) is 41.7 Å². The van der Waals surface area contributed by atoms with Crippen LogP contribution in [0.15, 0.2) is 12.1 Å². The topological polar surface area (TPSA) is 15.3 Å². The van der Waals surface area contributed by atoms with E-state index in [9.17, 15) is 0 Å². The van der Waals surface area contributed by atoms with Crippen molar-refractivity contribution < 1.29 is 0 Å². The third kappa shape index (κ3) is 3.12. The Bertz CT molecular complexity index is 417. The van der Waals surface area contributed by atoms with Crippen LogP contribution < -0.4 is 5.32 Å². The molecule has 1 aromatic rings. The molecule has 2 nitrogen and oxygen atoms in total. The second-order valence-electron chi connectivity index (χ2n) is 4.50. The number of nitrogens with one attached hydrogen (secondary N) is 1. The number of halogens is 3. The van der Waals surface area contributed by atoms with E-state index in [2.05, 4.69) is 17.1 Å². The highest BCUT2D eigenvalue weighted by atomic mass is 35.5. The van der Waals surface area contributed by atoms with Gasteiger partial charge in [0.1, 0.15) is 0 Å². The van der Waals surface area contributed by atoms with Gasteiger partial charge in [-0.05, 0) is 24.1 Å². The lowest BCUT2D eigenvalue weighted by atomic mass is 10.0. The summed E-state index contributed by atoms with van der Waals surface area (Å²) in [5.74, 6) is 0. The van der Waals surface area contributed by atoms with Gasteiger partial charge in [0.2, 0.25) is 0 Å². The Labute approximate surface area is 123 Å². The van der Waals surface area contributed by atoms with Crippen LogP contribution in [0.5, 0.6) is 0 Å². The highest BCUT2D eigenvalue weighted by molar-refractivity contribution is 6.43. The average Bonchev–Trinajstić information content (AvgIpc) is 2.37. The van der Waals surface area contributed by atoms with Crippen LogP contribution in [-0.4, -0.2) is 31.1 Å². The molecular formula is C13H17Cl3N2. The first kappa shape index (κ1) is 14.4. The van der Waals surface area contributed by atoms with E-state index in [4.69, 9.17) is 34.8 Å². The minimum absolute atomic E-state index is 0.288. The van der Waals surface area contributed by atoms with Crippen LogP contribution in [0.2, 0.25) is 15.1 Å². The molecule has 1 N–H and O–H groups in total. The molecule has 1 atom stereocenters. The van der Waals surface area contributed by atoms with Gasteiger partial charge in [0, 0.05) is 37.2 Å². The van der Waals surface area contributed by atoms with Gasteiger partial charge in [-0.2, -0.15) is 0 Å². The summed E-state index contributed by atoms with van der Waals surface area (Å²) in [6, 6.07) is 3.92. The van der Waals surface area contributed by atoms with Gasteiger partial charge < -0.3 is 5.32 Å². The number of hydrogen-bond acceptors (Lipinski definition) is 2. The molecule has 1 fully saturated rings. The fourth-order valence-corrected chi connectivity index (χ4v) is 3.23. The Morgan fingerprint density at radius 1 is 1.22 bits per heavy atom. The molecule has 1 aliphatic heterocycles. The number of rotatable bonds is 3. The lowest BCUT2D eigenvalue weighted by Gasteiger charge is -2.35. The van der Waals surface area contributed by atoms with E-state index in [1.165, 1.54) is 0 Å². The Hall–Kier alpha value is 0.01000.